The van der Waals surface area contributed by atoms with Crippen LogP contribution in [0.3, 0.4) is 0 Å². The van der Waals surface area contributed by atoms with Crippen molar-refractivity contribution < 1.29 is 4.79 Å². The Bertz CT molecular complexity index is 439. The minimum atomic E-state index is -0.851. The molecule has 0 radical (unpaired) electrons. The first-order valence-electron chi connectivity index (χ1n) is 5.00. The Morgan fingerprint density at radius 1 is 1.56 bits per heavy atom. The lowest BCUT2D eigenvalue weighted by Crippen LogP contribution is -2.44. The maximum atomic E-state index is 11.9. The average Bonchev–Trinajstić information content (AvgIpc) is 2.29. The zero-order valence-electron chi connectivity index (χ0n) is 9.25. The first-order chi connectivity index (χ1) is 7.52. The fourth-order valence-corrected chi connectivity index (χ4v) is 1.38. The van der Waals surface area contributed by atoms with Crippen LogP contribution in [0.5, 0.6) is 0 Å². The van der Waals surface area contributed by atoms with Crippen molar-refractivity contribution in [3.05, 3.63) is 34.9 Å². The zero-order chi connectivity index (χ0) is 12.2. The molecule has 84 valence electrons. The molecular weight excluding hydrogens is 224 g/mol. The van der Waals surface area contributed by atoms with Crippen molar-refractivity contribution in [1.29, 1.82) is 5.26 Å². The summed E-state index contributed by atoms with van der Waals surface area (Å²) < 4.78 is 0. The number of carbonyl (C=O) groups excluding carboxylic acids is 1. The van der Waals surface area contributed by atoms with Gasteiger partial charge < -0.3 is 5.32 Å². The molecule has 1 unspecified atom stereocenters. The number of nitrogens with one attached hydrogen (secondary N) is 1. The number of hydrogen-bond acceptors (Lipinski definition) is 2. The van der Waals surface area contributed by atoms with Gasteiger partial charge in [-0.05, 0) is 25.5 Å². The van der Waals surface area contributed by atoms with E-state index >= 15 is 0 Å². The number of nitrogens with zero attached hydrogens (tertiary/aromatic N) is 1. The highest BCUT2D eigenvalue weighted by Gasteiger charge is 2.24. The van der Waals surface area contributed by atoms with Crippen molar-refractivity contribution in [1.82, 2.24) is 5.32 Å². The molecule has 0 aliphatic heterocycles. The van der Waals surface area contributed by atoms with Crippen LogP contribution in [0, 0.1) is 11.3 Å². The Hall–Kier alpha value is -1.53. The molecule has 3 nitrogen and oxygen atoms in total. The highest BCUT2D eigenvalue weighted by Crippen LogP contribution is 2.16. The number of benzene rings is 1. The Labute approximate surface area is 100 Å². The Balaban J connectivity index is 2.90. The second-order valence-electron chi connectivity index (χ2n) is 3.73. The molecule has 0 saturated heterocycles. The molecule has 0 heterocycles. The van der Waals surface area contributed by atoms with Gasteiger partial charge in [0.25, 0.3) is 5.91 Å². The van der Waals surface area contributed by atoms with E-state index in [9.17, 15) is 4.79 Å². The van der Waals surface area contributed by atoms with Crippen LogP contribution in [0.2, 0.25) is 5.02 Å². The van der Waals surface area contributed by atoms with Crippen LogP contribution in [0.15, 0.2) is 24.3 Å². The van der Waals surface area contributed by atoms with E-state index in [1.807, 2.05) is 6.92 Å². The average molecular weight is 237 g/mol. The minimum Gasteiger partial charge on any atom is -0.334 e. The van der Waals surface area contributed by atoms with Gasteiger partial charge in [-0.2, -0.15) is 5.26 Å². The van der Waals surface area contributed by atoms with E-state index in [1.165, 1.54) is 0 Å². The summed E-state index contributed by atoms with van der Waals surface area (Å²) >= 11 is 5.89. The molecular formula is C12H13ClN2O. The second-order valence-corrected chi connectivity index (χ2v) is 4.14. The van der Waals surface area contributed by atoms with E-state index in [4.69, 9.17) is 16.9 Å². The SMILES string of the molecule is CCC(C)(C#N)NC(=O)c1ccccc1Cl. The molecule has 1 atom stereocenters. The van der Waals surface area contributed by atoms with Gasteiger partial charge in [-0.3, -0.25) is 4.79 Å². The maximum absolute atomic E-state index is 11.9. The molecule has 1 aromatic rings. The van der Waals surface area contributed by atoms with Gasteiger partial charge in [-0.15, -0.1) is 0 Å². The molecule has 1 aromatic carbocycles. The molecule has 1 rings (SSSR count). The Kier molecular flexibility index (Phi) is 3.92. The molecule has 0 aliphatic rings. The van der Waals surface area contributed by atoms with Crippen LogP contribution in [0.25, 0.3) is 0 Å². The van der Waals surface area contributed by atoms with Crippen LogP contribution < -0.4 is 5.32 Å². The van der Waals surface area contributed by atoms with E-state index in [0.717, 1.165) is 0 Å². The maximum Gasteiger partial charge on any atom is 0.254 e. The third-order valence-electron chi connectivity index (χ3n) is 2.46. The van der Waals surface area contributed by atoms with Gasteiger partial charge in [0.2, 0.25) is 0 Å². The van der Waals surface area contributed by atoms with Gasteiger partial charge in [0.05, 0.1) is 16.7 Å². The largest absolute Gasteiger partial charge is 0.334 e. The lowest BCUT2D eigenvalue weighted by Gasteiger charge is -2.21. The van der Waals surface area contributed by atoms with Crippen LogP contribution in [-0.4, -0.2) is 11.4 Å². The minimum absolute atomic E-state index is 0.323. The number of carbonyl (C=O) groups is 1. The molecule has 0 bridgehead atoms. The monoisotopic (exact) mass is 236 g/mol. The molecule has 0 spiro atoms. The summed E-state index contributed by atoms with van der Waals surface area (Å²) in [6.45, 7) is 3.53. The van der Waals surface area contributed by atoms with Crippen LogP contribution in [0.4, 0.5) is 0 Å². The summed E-state index contributed by atoms with van der Waals surface area (Å²) in [5.41, 5.74) is -0.463. The van der Waals surface area contributed by atoms with Crippen LogP contribution >= 0.6 is 11.6 Å². The zero-order valence-corrected chi connectivity index (χ0v) is 10.0. The number of hydrogen-bond donors (Lipinski definition) is 1. The third kappa shape index (κ3) is 2.74. The van der Waals surface area contributed by atoms with E-state index < -0.39 is 5.54 Å². The van der Waals surface area contributed by atoms with Gasteiger partial charge >= 0.3 is 0 Å². The van der Waals surface area contributed by atoms with Gasteiger partial charge in [0.15, 0.2) is 0 Å². The normalized spacial score (nSPS) is 13.6. The Morgan fingerprint density at radius 3 is 2.69 bits per heavy atom. The summed E-state index contributed by atoms with van der Waals surface area (Å²) in [5.74, 6) is -0.323. The molecule has 1 N–H and O–H groups in total. The Morgan fingerprint density at radius 2 is 2.19 bits per heavy atom. The lowest BCUT2D eigenvalue weighted by atomic mass is 10.0. The highest BCUT2D eigenvalue weighted by molar-refractivity contribution is 6.33. The molecule has 16 heavy (non-hydrogen) atoms. The van der Waals surface area contributed by atoms with Gasteiger partial charge in [-0.1, -0.05) is 30.7 Å². The molecule has 0 fully saturated rings. The van der Waals surface area contributed by atoms with E-state index in [0.29, 0.717) is 17.0 Å². The molecule has 0 aromatic heterocycles. The summed E-state index contributed by atoms with van der Waals surface area (Å²) in [5, 5.41) is 12.0. The number of amides is 1. The second kappa shape index (κ2) is 5.00. The predicted octanol–water partition coefficient (Wildman–Crippen LogP) is 2.76. The summed E-state index contributed by atoms with van der Waals surface area (Å²) in [6.07, 6.45) is 0.541. The van der Waals surface area contributed by atoms with Crippen molar-refractivity contribution in [2.45, 2.75) is 25.8 Å². The third-order valence-corrected chi connectivity index (χ3v) is 2.79. The molecule has 4 heteroatoms. The first-order valence-corrected chi connectivity index (χ1v) is 5.38. The van der Waals surface area contributed by atoms with E-state index in [2.05, 4.69) is 11.4 Å². The number of halogens is 1. The first kappa shape index (κ1) is 12.5. The van der Waals surface area contributed by atoms with Crippen LogP contribution in [-0.2, 0) is 0 Å². The predicted molar refractivity (Wildman–Crippen MR) is 63.2 cm³/mol. The molecule has 1 amide bonds. The quantitative estimate of drug-likeness (QED) is 0.877. The van der Waals surface area contributed by atoms with Crippen molar-refractivity contribution in [3.63, 3.8) is 0 Å². The lowest BCUT2D eigenvalue weighted by molar-refractivity contribution is 0.0923. The van der Waals surface area contributed by atoms with Gasteiger partial charge in [-0.25, -0.2) is 0 Å². The van der Waals surface area contributed by atoms with Crippen molar-refractivity contribution >= 4 is 17.5 Å². The highest BCUT2D eigenvalue weighted by atomic mass is 35.5. The molecule has 0 aliphatic carbocycles. The topological polar surface area (TPSA) is 52.9 Å². The smallest absolute Gasteiger partial charge is 0.254 e. The van der Waals surface area contributed by atoms with E-state index in [-0.39, 0.29) is 5.91 Å². The van der Waals surface area contributed by atoms with Gasteiger partial charge in [0.1, 0.15) is 5.54 Å². The fourth-order valence-electron chi connectivity index (χ4n) is 1.16. The summed E-state index contributed by atoms with van der Waals surface area (Å²) in [4.78, 5) is 11.9. The standard InChI is InChI=1S/C12H13ClN2O/c1-3-12(2,8-14)15-11(16)9-6-4-5-7-10(9)13/h4-7H,3H2,1-2H3,(H,15,16). The van der Waals surface area contributed by atoms with Gasteiger partial charge in [0, 0.05) is 0 Å². The fraction of sp³-hybridized carbons (Fsp3) is 0.333. The van der Waals surface area contributed by atoms with E-state index in [1.54, 1.807) is 31.2 Å². The van der Waals surface area contributed by atoms with Crippen molar-refractivity contribution in [3.8, 4) is 6.07 Å². The summed E-state index contributed by atoms with van der Waals surface area (Å²) in [6, 6.07) is 8.83. The summed E-state index contributed by atoms with van der Waals surface area (Å²) in [7, 11) is 0. The number of rotatable bonds is 3. The van der Waals surface area contributed by atoms with Crippen LogP contribution in [0.1, 0.15) is 30.6 Å². The van der Waals surface area contributed by atoms with Crippen molar-refractivity contribution in [2.75, 3.05) is 0 Å². The van der Waals surface area contributed by atoms with Crippen molar-refractivity contribution in [2.24, 2.45) is 0 Å². The number of nitriles is 1. The molecule has 0 saturated carbocycles.